The van der Waals surface area contributed by atoms with Crippen LogP contribution in [0.4, 0.5) is 11.4 Å². The smallest absolute Gasteiger partial charge is 0.248 e. The largest absolute Gasteiger partial charge is 0.329 e. The van der Waals surface area contributed by atoms with Gasteiger partial charge in [-0.2, -0.15) is 0 Å². The third kappa shape index (κ3) is 5.27. The molecule has 1 rings (SSSR count). The van der Waals surface area contributed by atoms with Crippen LogP contribution in [0.2, 0.25) is 0 Å². The molecule has 5 heteroatoms. The number of nitrogens with zero attached hydrogens (tertiary/aromatic N) is 1. The Hall–Kier alpha value is -2.14. The van der Waals surface area contributed by atoms with Crippen molar-refractivity contribution in [3.05, 3.63) is 36.4 Å². The van der Waals surface area contributed by atoms with E-state index in [1.165, 1.54) is 6.08 Å². The molecular formula is C13H17N3O2. The summed E-state index contributed by atoms with van der Waals surface area (Å²) >= 11 is 0. The maximum absolute atomic E-state index is 11.5. The minimum atomic E-state index is -0.173. The summed E-state index contributed by atoms with van der Waals surface area (Å²) in [5, 5.41) is 5.25. The highest BCUT2D eigenvalue weighted by Gasteiger charge is 1.97. The number of benzene rings is 1. The third-order valence-corrected chi connectivity index (χ3v) is 2.12. The quantitative estimate of drug-likeness (QED) is 0.588. The molecular weight excluding hydrogens is 230 g/mol. The molecule has 0 unspecified atom stereocenters. The van der Waals surface area contributed by atoms with Crippen molar-refractivity contribution in [2.75, 3.05) is 31.3 Å². The summed E-state index contributed by atoms with van der Waals surface area (Å²) in [6, 6.07) is 6.88. The highest BCUT2D eigenvalue weighted by molar-refractivity contribution is 5.99. The summed E-state index contributed by atoms with van der Waals surface area (Å²) in [4.78, 5) is 23.7. The van der Waals surface area contributed by atoms with Crippen molar-refractivity contribution in [2.24, 2.45) is 0 Å². The van der Waals surface area contributed by atoms with E-state index in [2.05, 4.69) is 10.6 Å². The lowest BCUT2D eigenvalue weighted by molar-refractivity contribution is -0.112. The Bertz CT molecular complexity index is 424. The average Bonchev–Trinajstić information content (AvgIpc) is 2.31. The van der Waals surface area contributed by atoms with Gasteiger partial charge < -0.3 is 15.5 Å². The Morgan fingerprint density at radius 2 is 1.83 bits per heavy atom. The number of carbonyl (C=O) groups excluding carboxylic acids is 2. The van der Waals surface area contributed by atoms with Crippen molar-refractivity contribution < 1.29 is 9.59 Å². The maximum atomic E-state index is 11.5. The monoisotopic (exact) mass is 247 g/mol. The molecule has 0 aromatic heterocycles. The number of amides is 2. The minimum Gasteiger partial charge on any atom is -0.329 e. The van der Waals surface area contributed by atoms with Crippen LogP contribution in [0, 0.1) is 0 Å². The highest BCUT2D eigenvalue weighted by atomic mass is 16.1. The summed E-state index contributed by atoms with van der Waals surface area (Å²) in [6.07, 6.45) is 3.90. The van der Waals surface area contributed by atoms with Gasteiger partial charge >= 0.3 is 0 Å². The van der Waals surface area contributed by atoms with Crippen LogP contribution in [-0.4, -0.2) is 37.9 Å². The first-order chi connectivity index (χ1) is 8.61. The van der Waals surface area contributed by atoms with Gasteiger partial charge in [0.1, 0.15) is 0 Å². The number of nitrogens with one attached hydrogen (secondary N) is 2. The summed E-state index contributed by atoms with van der Waals surface area (Å²) in [5.74, 6) is -0.173. The number of carbonyl (C=O) groups is 2. The molecule has 0 atom stereocenters. The zero-order valence-corrected chi connectivity index (χ0v) is 10.5. The molecule has 0 spiro atoms. The van der Waals surface area contributed by atoms with Gasteiger partial charge in [0.15, 0.2) is 0 Å². The van der Waals surface area contributed by atoms with E-state index in [4.69, 9.17) is 0 Å². The standard InChI is InChI=1S/C13H17N3O2/c1-16(2)9-3-4-13(18)15-12-7-5-11(6-8-12)14-10-17/h3-8,10H,9H2,1-2H3,(H,14,17)(H,15,18)/b4-3+. The zero-order chi connectivity index (χ0) is 13.4. The lowest BCUT2D eigenvalue weighted by atomic mass is 10.3. The van der Waals surface area contributed by atoms with Gasteiger partial charge in [0.25, 0.3) is 0 Å². The molecule has 0 aliphatic rings. The SMILES string of the molecule is CN(C)C/C=C/C(=O)Nc1ccc(NC=O)cc1. The molecule has 5 nitrogen and oxygen atoms in total. The Morgan fingerprint density at radius 3 is 2.39 bits per heavy atom. The van der Waals surface area contributed by atoms with Crippen molar-refractivity contribution >= 4 is 23.7 Å². The van der Waals surface area contributed by atoms with Crippen molar-refractivity contribution in [1.29, 1.82) is 0 Å². The van der Waals surface area contributed by atoms with Gasteiger partial charge in [0, 0.05) is 24.0 Å². The van der Waals surface area contributed by atoms with Crippen LogP contribution in [0.3, 0.4) is 0 Å². The number of rotatable bonds is 6. The third-order valence-electron chi connectivity index (χ3n) is 2.12. The van der Waals surface area contributed by atoms with Crippen molar-refractivity contribution in [3.63, 3.8) is 0 Å². The molecule has 0 aliphatic carbocycles. The van der Waals surface area contributed by atoms with Crippen molar-refractivity contribution in [3.8, 4) is 0 Å². The molecule has 1 aromatic carbocycles. The molecule has 96 valence electrons. The number of hydrogen-bond donors (Lipinski definition) is 2. The fourth-order valence-corrected chi connectivity index (χ4v) is 1.27. The van der Waals surface area contributed by atoms with Crippen LogP contribution >= 0.6 is 0 Å². The second-order valence-corrected chi connectivity index (χ2v) is 3.99. The van der Waals surface area contributed by atoms with Crippen LogP contribution in [-0.2, 0) is 9.59 Å². The molecule has 18 heavy (non-hydrogen) atoms. The lowest BCUT2D eigenvalue weighted by Crippen LogP contribution is -2.12. The van der Waals surface area contributed by atoms with Crippen LogP contribution in [0.5, 0.6) is 0 Å². The Labute approximate surface area is 106 Å². The van der Waals surface area contributed by atoms with Gasteiger partial charge in [-0.05, 0) is 38.4 Å². The van der Waals surface area contributed by atoms with E-state index >= 15 is 0 Å². The Balaban J connectivity index is 2.49. The Kier molecular flexibility index (Phi) is 5.60. The van der Waals surface area contributed by atoms with Crippen molar-refractivity contribution in [2.45, 2.75) is 0 Å². The van der Waals surface area contributed by atoms with Crippen molar-refractivity contribution in [1.82, 2.24) is 4.90 Å². The highest BCUT2D eigenvalue weighted by Crippen LogP contribution is 2.12. The van der Waals surface area contributed by atoms with E-state index in [1.807, 2.05) is 19.0 Å². The molecule has 2 amide bonds. The summed E-state index contributed by atoms with van der Waals surface area (Å²) in [6.45, 7) is 0.718. The van der Waals surface area contributed by atoms with Gasteiger partial charge in [0.2, 0.25) is 12.3 Å². The number of anilines is 2. The fourth-order valence-electron chi connectivity index (χ4n) is 1.27. The summed E-state index contributed by atoms with van der Waals surface area (Å²) in [7, 11) is 3.86. The summed E-state index contributed by atoms with van der Waals surface area (Å²) in [5.41, 5.74) is 1.37. The molecule has 0 bridgehead atoms. The van der Waals surface area contributed by atoms with Gasteiger partial charge in [-0.1, -0.05) is 6.08 Å². The van der Waals surface area contributed by atoms with Crippen LogP contribution < -0.4 is 10.6 Å². The maximum Gasteiger partial charge on any atom is 0.248 e. The van der Waals surface area contributed by atoms with Gasteiger partial charge in [-0.25, -0.2) is 0 Å². The number of likely N-dealkylation sites (N-methyl/N-ethyl adjacent to an activating group) is 1. The first kappa shape index (κ1) is 13.9. The van der Waals surface area contributed by atoms with Gasteiger partial charge in [-0.3, -0.25) is 9.59 Å². The number of hydrogen-bond acceptors (Lipinski definition) is 3. The van der Waals surface area contributed by atoms with E-state index in [1.54, 1.807) is 30.3 Å². The predicted molar refractivity (Wildman–Crippen MR) is 72.5 cm³/mol. The molecule has 0 radical (unpaired) electrons. The topological polar surface area (TPSA) is 61.4 Å². The zero-order valence-electron chi connectivity index (χ0n) is 10.5. The van der Waals surface area contributed by atoms with E-state index in [0.717, 1.165) is 6.54 Å². The first-order valence-corrected chi connectivity index (χ1v) is 5.54. The van der Waals surface area contributed by atoms with Gasteiger partial charge in [0.05, 0.1) is 0 Å². The van der Waals surface area contributed by atoms with E-state index in [-0.39, 0.29) is 5.91 Å². The molecule has 0 saturated heterocycles. The van der Waals surface area contributed by atoms with Crippen LogP contribution in [0.15, 0.2) is 36.4 Å². The molecule has 0 fully saturated rings. The van der Waals surface area contributed by atoms with Gasteiger partial charge in [-0.15, -0.1) is 0 Å². The van der Waals surface area contributed by atoms with E-state index < -0.39 is 0 Å². The molecule has 2 N–H and O–H groups in total. The molecule has 0 saturated carbocycles. The van der Waals surface area contributed by atoms with Crippen LogP contribution in [0.25, 0.3) is 0 Å². The molecule has 0 heterocycles. The second-order valence-electron chi connectivity index (χ2n) is 3.99. The van der Waals surface area contributed by atoms with Crippen LogP contribution in [0.1, 0.15) is 0 Å². The molecule has 1 aromatic rings. The second kappa shape index (κ2) is 7.24. The normalized spacial score (nSPS) is 10.6. The lowest BCUT2D eigenvalue weighted by Gasteiger charge is -2.05. The van der Waals surface area contributed by atoms with E-state index in [0.29, 0.717) is 17.8 Å². The molecule has 0 aliphatic heterocycles. The first-order valence-electron chi connectivity index (χ1n) is 5.54. The average molecular weight is 247 g/mol. The van der Waals surface area contributed by atoms with E-state index in [9.17, 15) is 9.59 Å². The fraction of sp³-hybridized carbons (Fsp3) is 0.231. The Morgan fingerprint density at radius 1 is 1.22 bits per heavy atom. The predicted octanol–water partition coefficient (Wildman–Crippen LogP) is 1.31. The minimum absolute atomic E-state index is 0.173. The summed E-state index contributed by atoms with van der Waals surface area (Å²) < 4.78 is 0.